The molecular weight excluding hydrogens is 378 g/mol. The lowest BCUT2D eigenvalue weighted by molar-refractivity contribution is 0.0697. The molecule has 1 aliphatic carbocycles. The molecule has 3 rings (SSSR count). The van der Waals surface area contributed by atoms with Crippen molar-refractivity contribution >= 4 is 17.7 Å². The molecule has 1 amide bonds. The highest BCUT2D eigenvalue weighted by Crippen LogP contribution is 2.31. The average Bonchev–Trinajstić information content (AvgIpc) is 3.12. The van der Waals surface area contributed by atoms with Gasteiger partial charge in [0.25, 0.3) is 0 Å². The van der Waals surface area contributed by atoms with Crippen LogP contribution in [0.25, 0.3) is 0 Å². The highest BCUT2D eigenvalue weighted by molar-refractivity contribution is 5.87. The molecule has 1 atom stereocenters. The maximum atomic E-state index is 12.1. The summed E-state index contributed by atoms with van der Waals surface area (Å²) in [5.41, 5.74) is 5.69. The number of carboxylic acids is 1. The van der Waals surface area contributed by atoms with Crippen LogP contribution in [0.3, 0.4) is 0 Å². The molecule has 0 spiro atoms. The van der Waals surface area contributed by atoms with Gasteiger partial charge in [0.1, 0.15) is 6.61 Å². The van der Waals surface area contributed by atoms with Crippen LogP contribution in [-0.2, 0) is 24.0 Å². The number of amides is 1. The molecule has 0 aromatic heterocycles. The van der Waals surface area contributed by atoms with Crippen LogP contribution < -0.4 is 5.32 Å². The summed E-state index contributed by atoms with van der Waals surface area (Å²) in [5.74, 6) is -0.436. The van der Waals surface area contributed by atoms with Gasteiger partial charge in [0.15, 0.2) is 0 Å². The largest absolute Gasteiger partial charge is 0.478 e. The molecule has 30 heavy (non-hydrogen) atoms. The first kappa shape index (κ1) is 21.4. The van der Waals surface area contributed by atoms with E-state index in [9.17, 15) is 9.59 Å². The molecule has 0 heterocycles. The van der Waals surface area contributed by atoms with Crippen LogP contribution in [0.1, 0.15) is 40.9 Å². The number of carboxylic acid groups (broad SMARTS) is 1. The molecule has 0 radical (unpaired) electrons. The Bertz CT molecular complexity index is 973. The van der Waals surface area contributed by atoms with Crippen molar-refractivity contribution in [1.29, 1.82) is 0 Å². The van der Waals surface area contributed by atoms with E-state index >= 15 is 0 Å². The fourth-order valence-electron chi connectivity index (χ4n) is 3.69. The van der Waals surface area contributed by atoms with Crippen LogP contribution in [0.15, 0.2) is 66.3 Å². The summed E-state index contributed by atoms with van der Waals surface area (Å²) in [6.07, 6.45) is 8.10. The second kappa shape index (κ2) is 9.92. The number of benzene rings is 2. The minimum atomic E-state index is -0.905. The van der Waals surface area contributed by atoms with Crippen LogP contribution in [-0.4, -0.2) is 23.8 Å². The van der Waals surface area contributed by atoms with E-state index in [-0.39, 0.29) is 6.61 Å². The van der Waals surface area contributed by atoms with Crippen molar-refractivity contribution in [2.45, 2.75) is 33.1 Å². The van der Waals surface area contributed by atoms with Crippen LogP contribution in [0.4, 0.5) is 10.5 Å². The molecule has 2 N–H and O–H groups in total. The molecule has 0 aliphatic heterocycles. The van der Waals surface area contributed by atoms with Crippen LogP contribution in [0.5, 0.6) is 0 Å². The number of hydrogen-bond donors (Lipinski definition) is 2. The minimum absolute atomic E-state index is 0.254. The van der Waals surface area contributed by atoms with Gasteiger partial charge in [0.2, 0.25) is 0 Å². The molecule has 156 valence electrons. The van der Waals surface area contributed by atoms with Crippen molar-refractivity contribution in [2.75, 3.05) is 11.9 Å². The van der Waals surface area contributed by atoms with E-state index in [0.29, 0.717) is 11.5 Å². The highest BCUT2D eigenvalue weighted by atomic mass is 16.5. The predicted octanol–water partition coefficient (Wildman–Crippen LogP) is 5.41. The van der Waals surface area contributed by atoms with E-state index in [1.165, 1.54) is 11.1 Å². The lowest BCUT2D eigenvalue weighted by Gasteiger charge is -2.09. The summed E-state index contributed by atoms with van der Waals surface area (Å²) in [6.45, 7) is 4.10. The number of rotatable bonds is 7. The van der Waals surface area contributed by atoms with Gasteiger partial charge in [-0.25, -0.2) is 9.59 Å². The summed E-state index contributed by atoms with van der Waals surface area (Å²) >= 11 is 0. The van der Waals surface area contributed by atoms with Gasteiger partial charge in [-0.15, -0.1) is 0 Å². The third-order valence-electron chi connectivity index (χ3n) is 5.20. The molecule has 0 bridgehead atoms. The van der Waals surface area contributed by atoms with Crippen molar-refractivity contribution in [2.24, 2.45) is 5.92 Å². The Labute approximate surface area is 177 Å². The topological polar surface area (TPSA) is 75.6 Å². The third kappa shape index (κ3) is 5.83. The number of nitrogens with one attached hydrogen (secondary N) is 1. The molecule has 2 aromatic rings. The summed E-state index contributed by atoms with van der Waals surface area (Å²) in [4.78, 5) is 23.0. The number of carbonyl (C=O) groups excluding carboxylic acids is 1. The van der Waals surface area contributed by atoms with E-state index in [1.807, 2.05) is 56.3 Å². The van der Waals surface area contributed by atoms with Gasteiger partial charge < -0.3 is 9.84 Å². The highest BCUT2D eigenvalue weighted by Gasteiger charge is 2.22. The van der Waals surface area contributed by atoms with Gasteiger partial charge >= 0.3 is 12.1 Å². The number of fused-ring (bicyclic) bond motifs is 1. The number of hydrogen-bond acceptors (Lipinski definition) is 3. The van der Waals surface area contributed by atoms with Crippen molar-refractivity contribution in [3.63, 3.8) is 0 Å². The summed E-state index contributed by atoms with van der Waals surface area (Å²) in [6, 6.07) is 13.1. The molecule has 0 saturated carbocycles. The van der Waals surface area contributed by atoms with Crippen molar-refractivity contribution in [1.82, 2.24) is 0 Å². The quantitative estimate of drug-likeness (QED) is 0.604. The molecule has 1 aliphatic rings. The van der Waals surface area contributed by atoms with Gasteiger partial charge in [-0.1, -0.05) is 36.4 Å². The first-order valence-corrected chi connectivity index (χ1v) is 10.1. The van der Waals surface area contributed by atoms with E-state index < -0.39 is 12.1 Å². The fraction of sp³-hybridized carbons (Fsp3) is 0.280. The summed E-state index contributed by atoms with van der Waals surface area (Å²) < 4.78 is 5.26. The SMILES string of the molecule is C/C=C\C=C(/C)COC(=O)Nc1ccc2c(c1)CC(Cc1ccc(C(=O)O)cc1)C2. The van der Waals surface area contributed by atoms with Gasteiger partial charge in [0, 0.05) is 5.69 Å². The molecule has 2 aromatic carbocycles. The monoisotopic (exact) mass is 405 g/mol. The molecule has 0 fully saturated rings. The zero-order valence-electron chi connectivity index (χ0n) is 17.4. The Kier molecular flexibility index (Phi) is 7.07. The molecular formula is C25H27NO4. The van der Waals surface area contributed by atoms with E-state index in [4.69, 9.17) is 9.84 Å². The average molecular weight is 405 g/mol. The van der Waals surface area contributed by atoms with Crippen molar-refractivity contribution in [3.05, 3.63) is 88.5 Å². The normalized spacial score (nSPS) is 15.8. The zero-order valence-corrected chi connectivity index (χ0v) is 17.4. The third-order valence-corrected chi connectivity index (χ3v) is 5.20. The standard InChI is InChI=1S/C25H27NO4/c1-3-4-5-17(2)16-30-25(29)26-23-11-10-21-13-19(14-22(21)15-23)12-18-6-8-20(9-7-18)24(27)28/h3-11,15,19H,12-14,16H2,1-2H3,(H,26,29)(H,27,28)/b4-3-,17-5+. The predicted molar refractivity (Wildman–Crippen MR) is 118 cm³/mol. The number of allylic oxidation sites excluding steroid dienone is 3. The Morgan fingerprint density at radius 2 is 1.87 bits per heavy atom. The first-order valence-electron chi connectivity index (χ1n) is 10.1. The van der Waals surface area contributed by atoms with Gasteiger partial charge in [-0.3, -0.25) is 5.32 Å². The Balaban J connectivity index is 1.54. The van der Waals surface area contributed by atoms with Crippen molar-refractivity contribution < 1.29 is 19.4 Å². The number of anilines is 1. The second-order valence-electron chi connectivity index (χ2n) is 7.70. The number of aromatic carboxylic acids is 1. The summed E-state index contributed by atoms with van der Waals surface area (Å²) in [5, 5.41) is 11.8. The minimum Gasteiger partial charge on any atom is -0.478 e. The lowest BCUT2D eigenvalue weighted by atomic mass is 9.96. The lowest BCUT2D eigenvalue weighted by Crippen LogP contribution is -2.15. The smallest absolute Gasteiger partial charge is 0.411 e. The van der Waals surface area contributed by atoms with Gasteiger partial charge in [0.05, 0.1) is 5.56 Å². The van der Waals surface area contributed by atoms with Crippen LogP contribution in [0.2, 0.25) is 0 Å². The Hall–Kier alpha value is -3.34. The zero-order chi connectivity index (χ0) is 21.5. The maximum Gasteiger partial charge on any atom is 0.411 e. The maximum absolute atomic E-state index is 12.1. The van der Waals surface area contributed by atoms with E-state index in [0.717, 1.165) is 36.1 Å². The van der Waals surface area contributed by atoms with Gasteiger partial charge in [-0.05, 0) is 85.6 Å². The number of carbonyl (C=O) groups is 2. The molecule has 0 saturated heterocycles. The molecule has 5 heteroatoms. The fourth-order valence-corrected chi connectivity index (χ4v) is 3.69. The molecule has 5 nitrogen and oxygen atoms in total. The van der Waals surface area contributed by atoms with Crippen LogP contribution >= 0.6 is 0 Å². The summed E-state index contributed by atoms with van der Waals surface area (Å²) in [7, 11) is 0. The van der Waals surface area contributed by atoms with Crippen molar-refractivity contribution in [3.8, 4) is 0 Å². The van der Waals surface area contributed by atoms with Crippen LogP contribution in [0, 0.1) is 5.92 Å². The Morgan fingerprint density at radius 1 is 1.13 bits per heavy atom. The van der Waals surface area contributed by atoms with Gasteiger partial charge in [-0.2, -0.15) is 0 Å². The first-order chi connectivity index (χ1) is 14.4. The second-order valence-corrected chi connectivity index (χ2v) is 7.70. The molecule has 1 unspecified atom stereocenters. The Morgan fingerprint density at radius 3 is 2.57 bits per heavy atom. The van der Waals surface area contributed by atoms with E-state index in [1.54, 1.807) is 12.1 Å². The van der Waals surface area contributed by atoms with E-state index in [2.05, 4.69) is 11.4 Å². The number of ether oxygens (including phenoxy) is 1.